The molecular weight excluding hydrogens is 262 g/mol. The predicted octanol–water partition coefficient (Wildman–Crippen LogP) is 2.87. The van der Waals surface area contributed by atoms with Gasteiger partial charge in [0.2, 0.25) is 5.88 Å². The van der Waals surface area contributed by atoms with Crippen molar-refractivity contribution >= 4 is 11.6 Å². The highest BCUT2D eigenvalue weighted by atomic mass is 35.5. The van der Waals surface area contributed by atoms with Gasteiger partial charge in [0.1, 0.15) is 12.1 Å². The van der Waals surface area contributed by atoms with E-state index < -0.39 is 0 Å². The average molecular weight is 276 g/mol. The second-order valence-electron chi connectivity index (χ2n) is 4.52. The lowest BCUT2D eigenvalue weighted by Gasteiger charge is -2.09. The third-order valence-electron chi connectivity index (χ3n) is 3.29. The molecule has 0 spiro atoms. The standard InChI is InChI=1S/C14H14ClN3O/c15-12-6-10(5-4-9(12)7-16)19-14-11-2-1-3-13(11)17-8-18-14/h4-6,8H,1-3,7,16H2. The van der Waals surface area contributed by atoms with Crippen LogP contribution in [0.1, 0.15) is 23.2 Å². The molecule has 0 radical (unpaired) electrons. The minimum absolute atomic E-state index is 0.419. The van der Waals surface area contributed by atoms with E-state index in [-0.39, 0.29) is 0 Å². The van der Waals surface area contributed by atoms with Crippen molar-refractivity contribution in [3.63, 3.8) is 0 Å². The number of aryl methyl sites for hydroxylation is 1. The molecule has 0 unspecified atom stereocenters. The molecule has 2 aromatic rings. The molecule has 1 aliphatic carbocycles. The first-order chi connectivity index (χ1) is 9.28. The molecule has 1 aromatic carbocycles. The van der Waals surface area contributed by atoms with Gasteiger partial charge in [0, 0.05) is 17.1 Å². The number of aromatic nitrogens is 2. The van der Waals surface area contributed by atoms with Crippen LogP contribution < -0.4 is 10.5 Å². The van der Waals surface area contributed by atoms with E-state index in [1.807, 2.05) is 12.1 Å². The van der Waals surface area contributed by atoms with Crippen LogP contribution in [0.5, 0.6) is 11.6 Å². The molecule has 0 atom stereocenters. The summed E-state index contributed by atoms with van der Waals surface area (Å²) in [6.45, 7) is 0.419. The molecule has 1 heterocycles. The van der Waals surface area contributed by atoms with Gasteiger partial charge in [-0.1, -0.05) is 17.7 Å². The smallest absolute Gasteiger partial charge is 0.225 e. The third-order valence-corrected chi connectivity index (χ3v) is 3.65. The molecule has 1 aliphatic rings. The van der Waals surface area contributed by atoms with E-state index in [4.69, 9.17) is 22.1 Å². The van der Waals surface area contributed by atoms with E-state index in [0.717, 1.165) is 36.1 Å². The maximum Gasteiger partial charge on any atom is 0.225 e. The molecule has 0 amide bonds. The summed E-state index contributed by atoms with van der Waals surface area (Å²) in [7, 11) is 0. The fourth-order valence-corrected chi connectivity index (χ4v) is 2.53. The fourth-order valence-electron chi connectivity index (χ4n) is 2.29. The first-order valence-electron chi connectivity index (χ1n) is 6.27. The highest BCUT2D eigenvalue weighted by molar-refractivity contribution is 6.31. The minimum atomic E-state index is 0.419. The fraction of sp³-hybridized carbons (Fsp3) is 0.286. The Hall–Kier alpha value is -1.65. The van der Waals surface area contributed by atoms with Gasteiger partial charge < -0.3 is 10.5 Å². The highest BCUT2D eigenvalue weighted by Gasteiger charge is 2.18. The number of nitrogens with zero attached hydrogens (tertiary/aromatic N) is 2. The van der Waals surface area contributed by atoms with Crippen LogP contribution in [-0.2, 0) is 19.4 Å². The van der Waals surface area contributed by atoms with Gasteiger partial charge in [-0.2, -0.15) is 0 Å². The van der Waals surface area contributed by atoms with Gasteiger partial charge in [-0.25, -0.2) is 9.97 Å². The Labute approximate surface area is 116 Å². The van der Waals surface area contributed by atoms with Crippen LogP contribution >= 0.6 is 11.6 Å². The minimum Gasteiger partial charge on any atom is -0.439 e. The van der Waals surface area contributed by atoms with Crippen molar-refractivity contribution < 1.29 is 4.74 Å². The monoisotopic (exact) mass is 275 g/mol. The Morgan fingerprint density at radius 1 is 1.26 bits per heavy atom. The molecule has 3 rings (SSSR count). The van der Waals surface area contributed by atoms with E-state index in [9.17, 15) is 0 Å². The maximum absolute atomic E-state index is 6.12. The molecule has 98 valence electrons. The highest BCUT2D eigenvalue weighted by Crippen LogP contribution is 2.31. The first kappa shape index (κ1) is 12.4. The molecule has 1 aromatic heterocycles. The second kappa shape index (κ2) is 5.15. The zero-order chi connectivity index (χ0) is 13.2. The number of ether oxygens (including phenoxy) is 1. The van der Waals surface area contributed by atoms with Crippen LogP contribution in [0, 0.1) is 0 Å². The van der Waals surface area contributed by atoms with E-state index in [1.165, 1.54) is 0 Å². The summed E-state index contributed by atoms with van der Waals surface area (Å²) in [5.41, 5.74) is 8.69. The predicted molar refractivity (Wildman–Crippen MR) is 73.5 cm³/mol. The van der Waals surface area contributed by atoms with Crippen molar-refractivity contribution in [2.45, 2.75) is 25.8 Å². The lowest BCUT2D eigenvalue weighted by Crippen LogP contribution is -1.99. The van der Waals surface area contributed by atoms with Gasteiger partial charge in [-0.3, -0.25) is 0 Å². The van der Waals surface area contributed by atoms with Gasteiger partial charge in [-0.05, 0) is 37.0 Å². The lowest BCUT2D eigenvalue weighted by molar-refractivity contribution is 0.455. The summed E-state index contributed by atoms with van der Waals surface area (Å²) < 4.78 is 5.83. The van der Waals surface area contributed by atoms with Crippen molar-refractivity contribution in [3.8, 4) is 11.6 Å². The largest absolute Gasteiger partial charge is 0.439 e. The molecule has 0 fully saturated rings. The van der Waals surface area contributed by atoms with E-state index in [0.29, 0.717) is 23.2 Å². The van der Waals surface area contributed by atoms with Crippen LogP contribution in [0.4, 0.5) is 0 Å². The van der Waals surface area contributed by atoms with Crippen molar-refractivity contribution in [2.75, 3.05) is 0 Å². The second-order valence-corrected chi connectivity index (χ2v) is 4.92. The number of benzene rings is 1. The Balaban J connectivity index is 1.90. The summed E-state index contributed by atoms with van der Waals surface area (Å²) in [5.74, 6) is 1.31. The SMILES string of the molecule is NCc1ccc(Oc2ncnc3c2CCC3)cc1Cl. The lowest BCUT2D eigenvalue weighted by atomic mass is 10.2. The van der Waals surface area contributed by atoms with Gasteiger partial charge in [-0.15, -0.1) is 0 Å². The molecule has 4 nitrogen and oxygen atoms in total. The van der Waals surface area contributed by atoms with Crippen molar-refractivity contribution in [1.29, 1.82) is 0 Å². The number of fused-ring (bicyclic) bond motifs is 1. The van der Waals surface area contributed by atoms with Crippen LogP contribution in [0.25, 0.3) is 0 Å². The number of hydrogen-bond donors (Lipinski definition) is 1. The number of hydrogen-bond acceptors (Lipinski definition) is 4. The molecule has 5 heteroatoms. The molecule has 19 heavy (non-hydrogen) atoms. The van der Waals surface area contributed by atoms with Crippen LogP contribution in [0.3, 0.4) is 0 Å². The zero-order valence-corrected chi connectivity index (χ0v) is 11.2. The summed E-state index contributed by atoms with van der Waals surface area (Å²) in [5, 5.41) is 0.616. The number of nitrogens with two attached hydrogens (primary N) is 1. The van der Waals surface area contributed by atoms with E-state index in [1.54, 1.807) is 12.4 Å². The summed E-state index contributed by atoms with van der Waals surface area (Å²) in [6, 6.07) is 5.50. The quantitative estimate of drug-likeness (QED) is 0.936. The summed E-state index contributed by atoms with van der Waals surface area (Å²) in [4.78, 5) is 8.49. The van der Waals surface area contributed by atoms with Crippen LogP contribution in [0.2, 0.25) is 5.02 Å². The van der Waals surface area contributed by atoms with Gasteiger partial charge in [0.05, 0.1) is 5.69 Å². The summed E-state index contributed by atoms with van der Waals surface area (Å²) in [6.07, 6.45) is 4.63. The zero-order valence-electron chi connectivity index (χ0n) is 10.4. The molecule has 2 N–H and O–H groups in total. The van der Waals surface area contributed by atoms with Crippen LogP contribution in [0.15, 0.2) is 24.5 Å². The third kappa shape index (κ3) is 2.41. The maximum atomic E-state index is 6.12. The van der Waals surface area contributed by atoms with Crippen LogP contribution in [-0.4, -0.2) is 9.97 Å². The normalized spacial score (nSPS) is 13.4. The van der Waals surface area contributed by atoms with Gasteiger partial charge in [0.25, 0.3) is 0 Å². The first-order valence-corrected chi connectivity index (χ1v) is 6.65. The molecule has 0 saturated carbocycles. The Morgan fingerprint density at radius 2 is 2.16 bits per heavy atom. The topological polar surface area (TPSA) is 61.0 Å². The Bertz CT molecular complexity index is 616. The molecular formula is C14H14ClN3O. The van der Waals surface area contributed by atoms with Gasteiger partial charge in [0.15, 0.2) is 0 Å². The van der Waals surface area contributed by atoms with Crippen molar-refractivity contribution in [3.05, 3.63) is 46.4 Å². The Morgan fingerprint density at radius 3 is 2.95 bits per heavy atom. The summed E-state index contributed by atoms with van der Waals surface area (Å²) >= 11 is 6.12. The number of halogens is 1. The Kier molecular flexibility index (Phi) is 3.36. The van der Waals surface area contributed by atoms with E-state index >= 15 is 0 Å². The molecule has 0 bridgehead atoms. The van der Waals surface area contributed by atoms with Crippen molar-refractivity contribution in [1.82, 2.24) is 9.97 Å². The average Bonchev–Trinajstić information content (AvgIpc) is 2.88. The van der Waals surface area contributed by atoms with Gasteiger partial charge >= 0.3 is 0 Å². The van der Waals surface area contributed by atoms with Crippen molar-refractivity contribution in [2.24, 2.45) is 5.73 Å². The molecule has 0 saturated heterocycles. The number of rotatable bonds is 3. The van der Waals surface area contributed by atoms with E-state index in [2.05, 4.69) is 9.97 Å². The molecule has 0 aliphatic heterocycles.